The number of hydrogen-bond acceptors (Lipinski definition) is 8. The first-order chi connectivity index (χ1) is 24.5. The van der Waals surface area contributed by atoms with Crippen molar-refractivity contribution in [3.63, 3.8) is 0 Å². The molecule has 8 heteroatoms. The Morgan fingerprint density at radius 1 is 0.640 bits per heavy atom. The predicted octanol–water partition coefficient (Wildman–Crippen LogP) is 8.54. The summed E-state index contributed by atoms with van der Waals surface area (Å²) < 4.78 is 23.2. The summed E-state index contributed by atoms with van der Waals surface area (Å²) in [6, 6.07) is 39.5. The second-order valence-electron chi connectivity index (χ2n) is 11.5. The lowest BCUT2D eigenvalue weighted by molar-refractivity contribution is -0.139. The lowest BCUT2D eigenvalue weighted by Gasteiger charge is -2.34. The van der Waals surface area contributed by atoms with Gasteiger partial charge >= 0.3 is 11.9 Å². The topological polar surface area (TPSA) is 84.0 Å². The summed E-state index contributed by atoms with van der Waals surface area (Å²) in [5.74, 6) is 0.365. The van der Waals surface area contributed by atoms with E-state index in [4.69, 9.17) is 23.9 Å². The normalized spacial score (nSPS) is 14.3. The van der Waals surface area contributed by atoms with Crippen LogP contribution in [0.2, 0.25) is 0 Å². The Balaban J connectivity index is 1.32. The van der Waals surface area contributed by atoms with Gasteiger partial charge in [-0.3, -0.25) is 0 Å². The minimum atomic E-state index is -0.688. The first-order valence-corrected chi connectivity index (χ1v) is 17.0. The summed E-state index contributed by atoms with van der Waals surface area (Å²) in [6.45, 7) is 7.53. The van der Waals surface area contributed by atoms with E-state index in [1.165, 1.54) is 0 Å². The van der Waals surface area contributed by atoms with E-state index in [2.05, 4.69) is 86.0 Å². The zero-order valence-corrected chi connectivity index (χ0v) is 28.0. The van der Waals surface area contributed by atoms with Crippen molar-refractivity contribution >= 4 is 33.5 Å². The van der Waals surface area contributed by atoms with Crippen LogP contribution in [0.15, 0.2) is 141 Å². The van der Waals surface area contributed by atoms with Crippen molar-refractivity contribution in [1.82, 2.24) is 4.98 Å². The Morgan fingerprint density at radius 2 is 1.26 bits per heavy atom. The third-order valence-electron chi connectivity index (χ3n) is 8.67. The molecule has 50 heavy (non-hydrogen) atoms. The van der Waals surface area contributed by atoms with E-state index >= 15 is 0 Å². The average molecular weight is 680 g/mol. The number of rotatable bonds is 13. The summed E-state index contributed by atoms with van der Waals surface area (Å²) in [6.07, 6.45) is 2.27. The SMILES string of the molecule is C=CC(=O)OCCOc1ccc(C2(c3ccc4sc(-c5ccccc5)nc4c3)c3ccccc3-c3cc(OCCOC(=O)C=C)ccc32)cc1. The zero-order chi connectivity index (χ0) is 34.5. The van der Waals surface area contributed by atoms with Crippen LogP contribution < -0.4 is 9.47 Å². The third-order valence-corrected chi connectivity index (χ3v) is 9.76. The van der Waals surface area contributed by atoms with Crippen molar-refractivity contribution in [2.75, 3.05) is 26.4 Å². The molecular formula is C42H33NO6S. The van der Waals surface area contributed by atoms with Crippen LogP contribution in [0.25, 0.3) is 31.9 Å². The van der Waals surface area contributed by atoms with Gasteiger partial charge in [0.1, 0.15) is 42.9 Å². The van der Waals surface area contributed by atoms with Crippen molar-refractivity contribution in [3.05, 3.63) is 163 Å². The lowest BCUT2D eigenvalue weighted by atomic mass is 9.67. The molecule has 0 N–H and O–H groups in total. The van der Waals surface area contributed by atoms with Gasteiger partial charge < -0.3 is 18.9 Å². The highest BCUT2D eigenvalue weighted by Gasteiger charge is 2.46. The highest BCUT2D eigenvalue weighted by Crippen LogP contribution is 2.57. The van der Waals surface area contributed by atoms with Gasteiger partial charge in [-0.2, -0.15) is 0 Å². The Labute approximate surface area is 294 Å². The smallest absolute Gasteiger partial charge is 0.330 e. The summed E-state index contributed by atoms with van der Waals surface area (Å²) in [7, 11) is 0. The molecule has 0 saturated carbocycles. The number of thiazole rings is 1. The van der Waals surface area contributed by atoms with Crippen LogP contribution in [0.3, 0.4) is 0 Å². The standard InChI is InChI=1S/C42H33NO6S/c1-3-39(44)48-24-22-46-31-17-14-29(15-18-31)42(30-16-21-38-37(26-30)43-41(50-38)28-10-6-5-7-11-28)35-13-9-8-12-33(35)34-27-32(19-20-36(34)42)47-23-25-49-40(45)4-2/h3-21,26-27H,1-2,22-25H2. The van der Waals surface area contributed by atoms with Gasteiger partial charge in [-0.25, -0.2) is 14.6 Å². The molecule has 1 aromatic heterocycles. The fourth-order valence-electron chi connectivity index (χ4n) is 6.53. The van der Waals surface area contributed by atoms with E-state index in [9.17, 15) is 9.59 Å². The molecule has 0 aliphatic heterocycles. The second kappa shape index (κ2) is 14.2. The number of aromatic nitrogens is 1. The van der Waals surface area contributed by atoms with Gasteiger partial charge in [-0.05, 0) is 69.8 Å². The van der Waals surface area contributed by atoms with Gasteiger partial charge in [0.2, 0.25) is 0 Å². The van der Waals surface area contributed by atoms with Gasteiger partial charge in [0.05, 0.1) is 15.6 Å². The number of ether oxygens (including phenoxy) is 4. The summed E-state index contributed by atoms with van der Waals surface area (Å²) in [5.41, 5.74) is 7.85. The summed E-state index contributed by atoms with van der Waals surface area (Å²) >= 11 is 1.68. The molecule has 0 fully saturated rings. The fraction of sp³-hybridized carbons (Fsp3) is 0.119. The number of carbonyl (C=O) groups is 2. The molecule has 0 bridgehead atoms. The van der Waals surface area contributed by atoms with Crippen LogP contribution in [0.5, 0.6) is 11.5 Å². The van der Waals surface area contributed by atoms with Crippen molar-refractivity contribution in [2.24, 2.45) is 0 Å². The molecule has 7 nitrogen and oxygen atoms in total. The van der Waals surface area contributed by atoms with Crippen molar-refractivity contribution in [2.45, 2.75) is 5.41 Å². The Kier molecular flexibility index (Phi) is 9.27. The largest absolute Gasteiger partial charge is 0.490 e. The van der Waals surface area contributed by atoms with Gasteiger partial charge in [0.25, 0.3) is 0 Å². The van der Waals surface area contributed by atoms with E-state index < -0.39 is 17.4 Å². The van der Waals surface area contributed by atoms with Crippen LogP contribution >= 0.6 is 11.3 Å². The minimum Gasteiger partial charge on any atom is -0.490 e. The fourth-order valence-corrected chi connectivity index (χ4v) is 7.48. The number of fused-ring (bicyclic) bond motifs is 4. The molecular weight excluding hydrogens is 647 g/mol. The molecule has 0 amide bonds. The highest BCUT2D eigenvalue weighted by molar-refractivity contribution is 7.21. The molecule has 1 unspecified atom stereocenters. The number of esters is 2. The molecule has 1 atom stereocenters. The van der Waals surface area contributed by atoms with Gasteiger partial charge in [-0.15, -0.1) is 11.3 Å². The summed E-state index contributed by atoms with van der Waals surface area (Å²) in [5, 5.41) is 0.972. The monoisotopic (exact) mass is 679 g/mol. The van der Waals surface area contributed by atoms with Crippen molar-refractivity contribution in [3.8, 4) is 33.2 Å². The van der Waals surface area contributed by atoms with Crippen LogP contribution in [0.4, 0.5) is 0 Å². The van der Waals surface area contributed by atoms with Crippen LogP contribution in [-0.4, -0.2) is 43.4 Å². The minimum absolute atomic E-state index is 0.117. The van der Waals surface area contributed by atoms with Crippen molar-refractivity contribution < 1.29 is 28.5 Å². The number of hydrogen-bond donors (Lipinski definition) is 0. The van der Waals surface area contributed by atoms with E-state index in [1.54, 1.807) is 11.3 Å². The van der Waals surface area contributed by atoms with Crippen LogP contribution in [-0.2, 0) is 24.5 Å². The maximum atomic E-state index is 11.5. The molecule has 5 aromatic carbocycles. The maximum Gasteiger partial charge on any atom is 0.330 e. The molecule has 0 radical (unpaired) electrons. The highest BCUT2D eigenvalue weighted by atomic mass is 32.1. The molecule has 0 saturated heterocycles. The predicted molar refractivity (Wildman–Crippen MR) is 196 cm³/mol. The van der Waals surface area contributed by atoms with Crippen LogP contribution in [0, 0.1) is 0 Å². The summed E-state index contributed by atoms with van der Waals surface area (Å²) in [4.78, 5) is 28.0. The number of benzene rings is 5. The third kappa shape index (κ3) is 6.17. The number of nitrogens with zero attached hydrogens (tertiary/aromatic N) is 1. The molecule has 248 valence electrons. The average Bonchev–Trinajstić information content (AvgIpc) is 3.73. The molecule has 6 aromatic rings. The maximum absolute atomic E-state index is 11.5. The lowest BCUT2D eigenvalue weighted by Crippen LogP contribution is -2.28. The molecule has 1 heterocycles. The van der Waals surface area contributed by atoms with E-state index in [0.29, 0.717) is 11.5 Å². The number of carbonyl (C=O) groups excluding carboxylic acids is 2. The zero-order valence-electron chi connectivity index (χ0n) is 27.2. The van der Waals surface area contributed by atoms with Gasteiger partial charge in [-0.1, -0.05) is 92.0 Å². The Bertz CT molecular complexity index is 2210. The first kappa shape index (κ1) is 32.6. The van der Waals surface area contributed by atoms with E-state index in [1.807, 2.05) is 42.5 Å². The second-order valence-corrected chi connectivity index (χ2v) is 12.6. The molecule has 0 spiro atoms. The van der Waals surface area contributed by atoms with Crippen molar-refractivity contribution in [1.29, 1.82) is 0 Å². The molecule has 7 rings (SSSR count). The van der Waals surface area contributed by atoms with E-state index in [0.717, 1.165) is 66.3 Å². The Morgan fingerprint density at radius 3 is 1.98 bits per heavy atom. The van der Waals surface area contributed by atoms with E-state index in [-0.39, 0.29) is 26.4 Å². The van der Waals surface area contributed by atoms with Gasteiger partial charge in [0.15, 0.2) is 0 Å². The molecule has 1 aliphatic rings. The quantitative estimate of drug-likeness (QED) is 0.0686. The van der Waals surface area contributed by atoms with Crippen LogP contribution in [0.1, 0.15) is 22.3 Å². The molecule has 1 aliphatic carbocycles. The Hall–Kier alpha value is -5.99. The first-order valence-electron chi connectivity index (χ1n) is 16.2. The van der Waals surface area contributed by atoms with Gasteiger partial charge in [0, 0.05) is 17.7 Å².